The molecule has 492 valence electrons. The van der Waals surface area contributed by atoms with Gasteiger partial charge in [0.2, 0.25) is 15.2 Å². The number of carbonyl (C=O) groups excluding carboxylic acids is 1. The highest BCUT2D eigenvalue weighted by Crippen LogP contribution is 2.54. The lowest BCUT2D eigenvalue weighted by atomic mass is 9.79. The van der Waals surface area contributed by atoms with E-state index in [0.717, 1.165) is 12.3 Å². The van der Waals surface area contributed by atoms with Gasteiger partial charge in [0, 0.05) is 75.8 Å². The third-order valence-corrected chi connectivity index (χ3v) is 23.1. The molecule has 0 aliphatic carbocycles. The Kier molecular flexibility index (Phi) is 18.1. The van der Waals surface area contributed by atoms with Crippen molar-refractivity contribution in [3.05, 3.63) is 107 Å². The standard InChI is InChI=1S/C47H47N7O27S10/c1-46(2)37(53(13-5-15-83(56,57)58)31-21-35(90(76,77)78)39-28(41(31)46)17-26(86(64,65)66)19-33(39)88(70,71)72)11-8-24(30-10-7-25(23-49-30)43(55)50-44-51-52-45(82-44)85(48,62)63)9-12-38-47(3,4)42-29-18-27(87(67,68)69)20-34(89(73,74)75)40(29)36(91(79,80)81)22-32(42)54(38)14-6-16-84(59,60)61/h7-12,17-23H,5-6,13-16H2,1-4H3,(H10-,48,50,51,55,56,57,58,59,60,61,62,63,64,65,66,67,68,69,70,71,72,73,74,75,76,77,78,79,80,81). The number of anilines is 2. The molecule has 0 bridgehead atoms. The van der Waals surface area contributed by atoms with Crippen molar-refractivity contribution in [2.45, 2.75) is 85.1 Å². The van der Waals surface area contributed by atoms with Crippen LogP contribution in [0.25, 0.3) is 27.1 Å². The average molecular weight is 1460 g/mol. The third-order valence-electron chi connectivity index (χ3n) is 14.2. The van der Waals surface area contributed by atoms with Gasteiger partial charge < -0.3 is 9.45 Å². The van der Waals surface area contributed by atoms with Gasteiger partial charge in [-0.25, -0.2) is 22.0 Å². The first kappa shape index (κ1) is 70.3. The molecule has 2 aromatic heterocycles. The Morgan fingerprint density at radius 2 is 1.18 bits per heavy atom. The van der Waals surface area contributed by atoms with Gasteiger partial charge in [-0.2, -0.15) is 63.5 Å². The van der Waals surface area contributed by atoms with Crippen LogP contribution in [0.3, 0.4) is 0 Å². The predicted molar refractivity (Wildman–Crippen MR) is 319 cm³/mol. The van der Waals surface area contributed by atoms with E-state index in [1.165, 1.54) is 67.5 Å². The number of allylic oxidation sites excluding steroid dienone is 6. The summed E-state index contributed by atoms with van der Waals surface area (Å²) in [7, 11) is -47.7. The Bertz CT molecular complexity index is 5410. The number of pyridine rings is 1. The molecule has 1 amide bonds. The summed E-state index contributed by atoms with van der Waals surface area (Å²) in [5.74, 6) is -3.02. The van der Waals surface area contributed by atoms with Crippen LogP contribution < -0.4 is 15.4 Å². The van der Waals surface area contributed by atoms with Crippen LogP contribution in [0.2, 0.25) is 0 Å². The van der Waals surface area contributed by atoms with E-state index < -0.39 is 200 Å². The molecule has 0 atom stereocenters. The van der Waals surface area contributed by atoms with Crippen molar-refractivity contribution < 1.29 is 122 Å². The Hall–Kier alpha value is -6.54. The Balaban J connectivity index is 1.45. The third kappa shape index (κ3) is 14.6. The minimum atomic E-state index is -5.69. The van der Waals surface area contributed by atoms with E-state index in [0.29, 0.717) is 35.6 Å². The molecule has 0 saturated carbocycles. The minimum absolute atomic E-state index is 0.0645. The zero-order valence-electron chi connectivity index (χ0n) is 46.4. The zero-order valence-corrected chi connectivity index (χ0v) is 54.6. The van der Waals surface area contributed by atoms with Gasteiger partial charge in [0.15, 0.2) is 5.71 Å². The largest absolute Gasteiger partial charge is 0.748 e. The molecule has 8 rings (SSSR count). The number of primary sulfonamides is 1. The molecule has 2 aliphatic heterocycles. The summed E-state index contributed by atoms with van der Waals surface area (Å²) in [5.41, 5.74) is -5.27. The van der Waals surface area contributed by atoms with E-state index in [9.17, 15) is 117 Å². The number of hydrogen-bond acceptors (Lipinski definition) is 25. The molecule has 91 heavy (non-hydrogen) atoms. The number of fused-ring (bicyclic) bond motifs is 6. The summed E-state index contributed by atoms with van der Waals surface area (Å²) in [6.07, 6.45) is 4.84. The summed E-state index contributed by atoms with van der Waals surface area (Å²) in [4.78, 5) is 11.2. The van der Waals surface area contributed by atoms with E-state index in [-0.39, 0.29) is 68.0 Å². The van der Waals surface area contributed by atoms with Gasteiger partial charge in [-0.3, -0.25) is 47.0 Å². The summed E-state index contributed by atoms with van der Waals surface area (Å²) in [6.45, 7) is 4.43. The fourth-order valence-electron chi connectivity index (χ4n) is 10.6. The molecule has 10 N–H and O–H groups in total. The number of nitrogens with two attached hydrogens (primary N) is 1. The Morgan fingerprint density at radius 3 is 1.64 bits per heavy atom. The summed E-state index contributed by atoms with van der Waals surface area (Å²) in [5, 5.41) is 10.7. The molecule has 44 heteroatoms. The van der Waals surface area contributed by atoms with E-state index >= 15 is 0 Å². The second-order valence-corrected chi connectivity index (χ2v) is 35.3. The molecule has 0 radical (unpaired) electrons. The van der Waals surface area contributed by atoms with Crippen LogP contribution in [0.15, 0.2) is 118 Å². The first-order chi connectivity index (χ1) is 41.2. The molecular weight excluding hydrogens is 1420 g/mol. The van der Waals surface area contributed by atoms with Crippen LogP contribution in [0.5, 0.6) is 0 Å². The monoisotopic (exact) mass is 1460 g/mol. The second kappa shape index (κ2) is 23.5. The van der Waals surface area contributed by atoms with Crippen molar-refractivity contribution >= 4 is 158 Å². The van der Waals surface area contributed by atoms with Crippen molar-refractivity contribution in [2.24, 2.45) is 5.14 Å². The van der Waals surface area contributed by atoms with Crippen LogP contribution in [-0.4, -0.2) is 168 Å². The van der Waals surface area contributed by atoms with Crippen LogP contribution in [0.1, 0.15) is 67.7 Å². The van der Waals surface area contributed by atoms with Gasteiger partial charge in [0.1, 0.15) is 26.1 Å². The van der Waals surface area contributed by atoms with Gasteiger partial charge in [-0.15, -0.1) is 10.2 Å². The number of rotatable bonds is 21. The Labute approximate surface area is 522 Å². The Morgan fingerprint density at radius 1 is 0.659 bits per heavy atom. The molecule has 6 aromatic rings. The molecular formula is C47H47N7O27S10. The smallest absolute Gasteiger partial charge is 0.295 e. The molecule has 0 saturated heterocycles. The minimum Gasteiger partial charge on any atom is -0.748 e. The molecule has 0 spiro atoms. The van der Waals surface area contributed by atoms with Crippen LogP contribution >= 0.6 is 11.3 Å². The highest BCUT2D eigenvalue weighted by atomic mass is 32.3. The lowest BCUT2D eigenvalue weighted by Gasteiger charge is -2.27. The van der Waals surface area contributed by atoms with E-state index in [1.807, 2.05) is 0 Å². The lowest BCUT2D eigenvalue weighted by Crippen LogP contribution is -2.28. The van der Waals surface area contributed by atoms with Crippen molar-refractivity contribution in [2.75, 3.05) is 34.8 Å². The van der Waals surface area contributed by atoms with Crippen molar-refractivity contribution in [3.63, 3.8) is 0 Å². The number of hydrogen-bond donors (Lipinski definition) is 9. The normalized spacial score (nSPS) is 16.6. The van der Waals surface area contributed by atoms with Gasteiger partial charge in [0.25, 0.3) is 86.8 Å². The summed E-state index contributed by atoms with van der Waals surface area (Å²) >= 11 is 0.376. The van der Waals surface area contributed by atoms with Crippen LogP contribution in [0, 0.1) is 0 Å². The number of carbonyl (C=O) groups is 1. The van der Waals surface area contributed by atoms with Gasteiger partial charge >= 0.3 is 0 Å². The first-order valence-electron chi connectivity index (χ1n) is 24.9. The zero-order chi connectivity index (χ0) is 68.3. The number of nitrogens with zero attached hydrogens (tertiary/aromatic N) is 5. The number of aromatic nitrogens is 3. The fraction of sp³-hybridized carbons (Fsp3) is 0.255. The van der Waals surface area contributed by atoms with Gasteiger partial charge in [-0.05, 0) is 91.2 Å². The molecule has 0 unspecified atom stereocenters. The molecule has 4 aromatic carbocycles. The highest BCUT2D eigenvalue weighted by Gasteiger charge is 2.49. The number of amides is 1. The van der Waals surface area contributed by atoms with Crippen LogP contribution in [-0.2, 0) is 102 Å². The predicted octanol–water partition coefficient (Wildman–Crippen LogP) is 2.53. The highest BCUT2D eigenvalue weighted by molar-refractivity contribution is 7.91. The summed E-state index contributed by atoms with van der Waals surface area (Å²) < 4.78 is 313. The SMILES string of the molecule is CC1(C)C(/C=C/C(=C/C=C2/N(CCCS(=O)(=O)O)c3cc(S(=O)(=O)O)c4c(S(=O)(=O)O)cc(S(=O)(=O)O)cc4c3C2(C)C)c2ccc(C(=O)Nc3nnc(S(N)(=O)=O)s3)cn2)=[N+](CCCS(=O)(=O)[O-])c2cc(S(=O)(=O)O)c3c(S(=O)(=O)O)cc(S(=O)(=O)O)cc3c21. The van der Waals surface area contributed by atoms with E-state index in [2.05, 4.69) is 20.5 Å². The molecule has 2 aliphatic rings. The molecule has 0 fully saturated rings. The van der Waals surface area contributed by atoms with E-state index in [1.54, 1.807) is 0 Å². The number of benzene rings is 4. The van der Waals surface area contributed by atoms with Crippen molar-refractivity contribution in [3.8, 4) is 0 Å². The fourth-order valence-corrected chi connectivity index (χ4v) is 17.3. The first-order valence-corrected chi connectivity index (χ1v) is 39.1. The average Bonchev–Trinajstić information content (AvgIpc) is 1.58. The van der Waals surface area contributed by atoms with Crippen LogP contribution in [0.4, 0.5) is 16.5 Å². The maximum Gasteiger partial charge on any atom is 0.295 e. The maximum absolute atomic E-state index is 13.5. The maximum atomic E-state index is 13.5. The van der Waals surface area contributed by atoms with E-state index in [4.69, 9.17) is 5.14 Å². The number of sulfonamides is 1. The summed E-state index contributed by atoms with van der Waals surface area (Å²) in [6, 6.07) is 5.41. The van der Waals surface area contributed by atoms with Gasteiger partial charge in [-0.1, -0.05) is 31.3 Å². The van der Waals surface area contributed by atoms with Crippen molar-refractivity contribution in [1.82, 2.24) is 15.2 Å². The quantitative estimate of drug-likeness (QED) is 0.0216. The topological polar surface area (TPSA) is 572 Å². The van der Waals surface area contributed by atoms with Crippen molar-refractivity contribution in [1.29, 1.82) is 0 Å². The van der Waals surface area contributed by atoms with Gasteiger partial charge in [0.05, 0.1) is 42.3 Å². The second-order valence-electron chi connectivity index (χ2n) is 21.1. The number of nitrogens with one attached hydrogen (secondary N) is 1. The lowest BCUT2D eigenvalue weighted by molar-refractivity contribution is -0.437. The molecule has 4 heterocycles. The molecule has 34 nitrogen and oxygen atoms in total.